The van der Waals surface area contributed by atoms with Crippen molar-refractivity contribution in [2.45, 2.75) is 19.5 Å². The number of nitrogens with zero attached hydrogens (tertiary/aromatic N) is 1. The van der Waals surface area contributed by atoms with Gasteiger partial charge in [0.1, 0.15) is 0 Å². The second-order valence-corrected chi connectivity index (χ2v) is 6.28. The summed E-state index contributed by atoms with van der Waals surface area (Å²) in [4.78, 5) is 16.0. The topological polar surface area (TPSA) is 42.0 Å². The first-order chi connectivity index (χ1) is 10.3. The van der Waals surface area contributed by atoms with Crippen LogP contribution in [0.15, 0.2) is 29.6 Å². The number of rotatable bonds is 3. The number of carbonyl (C=O) groups is 1. The lowest BCUT2D eigenvalue weighted by molar-refractivity contribution is -0.137. The van der Waals surface area contributed by atoms with Gasteiger partial charge in [-0.15, -0.1) is 11.3 Å². The lowest BCUT2D eigenvalue weighted by atomic mass is 10.1. The monoisotopic (exact) mass is 326 g/mol. The van der Waals surface area contributed by atoms with Crippen LogP contribution in [0.1, 0.15) is 18.9 Å². The second kappa shape index (κ2) is 5.39. The van der Waals surface area contributed by atoms with Crippen molar-refractivity contribution in [2.75, 3.05) is 5.32 Å². The van der Waals surface area contributed by atoms with Crippen molar-refractivity contribution in [3.8, 4) is 11.3 Å². The fraction of sp³-hybridized carbons (Fsp3) is 0.333. The van der Waals surface area contributed by atoms with Gasteiger partial charge >= 0.3 is 6.18 Å². The summed E-state index contributed by atoms with van der Waals surface area (Å²) >= 11 is 1.21. The number of thiazole rings is 1. The van der Waals surface area contributed by atoms with Crippen LogP contribution in [0.5, 0.6) is 0 Å². The zero-order valence-electron chi connectivity index (χ0n) is 11.6. The van der Waals surface area contributed by atoms with Crippen molar-refractivity contribution >= 4 is 22.4 Å². The predicted molar refractivity (Wildman–Crippen MR) is 78.5 cm³/mol. The zero-order chi connectivity index (χ0) is 15.9. The number of hydrogen-bond donors (Lipinski definition) is 1. The number of aromatic nitrogens is 1. The van der Waals surface area contributed by atoms with Gasteiger partial charge in [0.05, 0.1) is 11.3 Å². The predicted octanol–water partition coefficient (Wildman–Crippen LogP) is 4.42. The molecule has 0 spiro atoms. The highest BCUT2D eigenvalue weighted by atomic mass is 32.1. The maximum absolute atomic E-state index is 12.7. The van der Waals surface area contributed by atoms with Crippen LogP contribution in [0.2, 0.25) is 0 Å². The molecule has 0 unspecified atom stereocenters. The first-order valence-electron chi connectivity index (χ1n) is 6.78. The Kier molecular flexibility index (Phi) is 3.68. The zero-order valence-corrected chi connectivity index (χ0v) is 12.5. The van der Waals surface area contributed by atoms with Crippen LogP contribution in [-0.2, 0) is 11.0 Å². The van der Waals surface area contributed by atoms with Crippen LogP contribution in [0.3, 0.4) is 0 Å². The van der Waals surface area contributed by atoms with E-state index >= 15 is 0 Å². The van der Waals surface area contributed by atoms with E-state index in [1.54, 1.807) is 11.4 Å². The molecular weight excluding hydrogens is 313 g/mol. The molecule has 1 aliphatic rings. The van der Waals surface area contributed by atoms with E-state index < -0.39 is 11.7 Å². The molecule has 7 heteroatoms. The fourth-order valence-corrected chi connectivity index (χ4v) is 2.93. The number of halogens is 3. The Morgan fingerprint density at radius 1 is 1.41 bits per heavy atom. The number of benzene rings is 1. The molecule has 116 valence electrons. The largest absolute Gasteiger partial charge is 0.416 e. The molecular formula is C15H13F3N2OS. The van der Waals surface area contributed by atoms with Gasteiger partial charge in [-0.3, -0.25) is 4.79 Å². The van der Waals surface area contributed by atoms with E-state index in [2.05, 4.69) is 10.3 Å². The van der Waals surface area contributed by atoms with Crippen LogP contribution >= 0.6 is 11.3 Å². The minimum Gasteiger partial charge on any atom is -0.302 e. The van der Waals surface area contributed by atoms with E-state index in [4.69, 9.17) is 0 Å². The second-order valence-electron chi connectivity index (χ2n) is 5.43. The molecule has 2 aromatic rings. The maximum atomic E-state index is 12.7. The average molecular weight is 326 g/mol. The Bertz CT molecular complexity index is 711. The van der Waals surface area contributed by atoms with Gasteiger partial charge in [0.15, 0.2) is 5.13 Å². The third-order valence-electron chi connectivity index (χ3n) is 3.67. The summed E-state index contributed by atoms with van der Waals surface area (Å²) in [7, 11) is 0. The van der Waals surface area contributed by atoms with Gasteiger partial charge in [-0.25, -0.2) is 4.98 Å². The number of hydrogen-bond acceptors (Lipinski definition) is 3. The maximum Gasteiger partial charge on any atom is 0.416 e. The summed E-state index contributed by atoms with van der Waals surface area (Å²) in [5, 5.41) is 4.77. The van der Waals surface area contributed by atoms with Gasteiger partial charge in [0, 0.05) is 16.9 Å². The highest BCUT2D eigenvalue weighted by Gasteiger charge is 2.39. The van der Waals surface area contributed by atoms with Crippen LogP contribution in [-0.4, -0.2) is 10.9 Å². The Balaban J connectivity index is 1.77. The van der Waals surface area contributed by atoms with Crippen LogP contribution in [0.4, 0.5) is 18.3 Å². The molecule has 0 bridgehead atoms. The van der Waals surface area contributed by atoms with Crippen molar-refractivity contribution in [1.29, 1.82) is 0 Å². The summed E-state index contributed by atoms with van der Waals surface area (Å²) in [5.74, 6) is 0.348. The fourth-order valence-electron chi connectivity index (χ4n) is 2.20. The lowest BCUT2D eigenvalue weighted by Crippen LogP contribution is -2.14. The summed E-state index contributed by atoms with van der Waals surface area (Å²) in [5.41, 5.74) is 0.0944. The van der Waals surface area contributed by atoms with Gasteiger partial charge in [-0.05, 0) is 24.5 Å². The molecule has 1 aromatic carbocycles. The van der Waals surface area contributed by atoms with E-state index in [0.717, 1.165) is 18.6 Å². The molecule has 1 N–H and O–H groups in total. The molecule has 2 atom stereocenters. The molecule has 3 nitrogen and oxygen atoms in total. The number of amides is 1. The van der Waals surface area contributed by atoms with Gasteiger partial charge in [0.2, 0.25) is 5.91 Å². The molecule has 22 heavy (non-hydrogen) atoms. The molecule has 1 aliphatic carbocycles. The van der Waals surface area contributed by atoms with E-state index in [1.165, 1.54) is 17.4 Å². The molecule has 0 aliphatic heterocycles. The Hall–Kier alpha value is -1.89. The van der Waals surface area contributed by atoms with Gasteiger partial charge in [-0.1, -0.05) is 19.1 Å². The Morgan fingerprint density at radius 3 is 2.77 bits per heavy atom. The van der Waals surface area contributed by atoms with E-state index in [9.17, 15) is 18.0 Å². The van der Waals surface area contributed by atoms with Crippen molar-refractivity contribution < 1.29 is 18.0 Å². The number of nitrogens with one attached hydrogen (secondary N) is 1. The SMILES string of the molecule is C[C@H]1C[C@@H]1C(=O)Nc1nc(-c2cccc(C(F)(F)F)c2)cs1. The number of carbonyl (C=O) groups excluding carboxylic acids is 1. The highest BCUT2D eigenvalue weighted by Crippen LogP contribution is 2.39. The van der Waals surface area contributed by atoms with Crippen molar-refractivity contribution in [3.63, 3.8) is 0 Å². The summed E-state index contributed by atoms with van der Waals surface area (Å²) in [6.07, 6.45) is -3.51. The van der Waals surface area contributed by atoms with Gasteiger partial charge in [-0.2, -0.15) is 13.2 Å². The van der Waals surface area contributed by atoms with Crippen LogP contribution in [0, 0.1) is 11.8 Å². The Morgan fingerprint density at radius 2 is 2.14 bits per heavy atom. The molecule has 1 amide bonds. The quantitative estimate of drug-likeness (QED) is 0.907. The molecule has 1 fully saturated rings. The Labute approximate surface area is 129 Å². The summed E-state index contributed by atoms with van der Waals surface area (Å²) in [6.45, 7) is 2.00. The average Bonchev–Trinajstić information content (AvgIpc) is 3.01. The van der Waals surface area contributed by atoms with E-state index in [1.807, 2.05) is 6.92 Å². The normalized spacial score (nSPS) is 20.7. The molecule has 1 aromatic heterocycles. The molecule has 0 radical (unpaired) electrons. The van der Waals surface area contributed by atoms with Crippen LogP contribution < -0.4 is 5.32 Å². The molecule has 1 saturated carbocycles. The highest BCUT2D eigenvalue weighted by molar-refractivity contribution is 7.14. The smallest absolute Gasteiger partial charge is 0.302 e. The molecule has 3 rings (SSSR count). The summed E-state index contributed by atoms with van der Waals surface area (Å²) in [6, 6.07) is 5.00. The summed E-state index contributed by atoms with van der Waals surface area (Å²) < 4.78 is 38.2. The first-order valence-corrected chi connectivity index (χ1v) is 7.66. The van der Waals surface area contributed by atoms with Crippen molar-refractivity contribution in [1.82, 2.24) is 4.98 Å². The lowest BCUT2D eigenvalue weighted by Gasteiger charge is -2.07. The third kappa shape index (κ3) is 3.14. The standard InChI is InChI=1S/C15H13F3N2OS/c1-8-5-11(8)13(21)20-14-19-12(7-22-14)9-3-2-4-10(6-9)15(16,17)18/h2-4,6-8,11H,5H2,1H3,(H,19,20,21)/t8-,11-/m0/s1. The van der Waals surface area contributed by atoms with Crippen molar-refractivity contribution in [3.05, 3.63) is 35.2 Å². The van der Waals surface area contributed by atoms with Crippen molar-refractivity contribution in [2.24, 2.45) is 11.8 Å². The van der Waals surface area contributed by atoms with Gasteiger partial charge < -0.3 is 5.32 Å². The minimum absolute atomic E-state index is 0.0286. The van der Waals surface area contributed by atoms with E-state index in [0.29, 0.717) is 22.3 Å². The third-order valence-corrected chi connectivity index (χ3v) is 4.42. The molecule has 0 saturated heterocycles. The number of alkyl halides is 3. The minimum atomic E-state index is -4.38. The van der Waals surface area contributed by atoms with E-state index in [-0.39, 0.29) is 11.8 Å². The van der Waals surface area contributed by atoms with Crippen LogP contribution in [0.25, 0.3) is 11.3 Å². The number of anilines is 1. The molecule has 1 heterocycles. The first kappa shape index (κ1) is 15.0. The van der Waals surface area contributed by atoms with Gasteiger partial charge in [0.25, 0.3) is 0 Å².